The van der Waals surface area contributed by atoms with E-state index in [1.165, 1.54) is 16.9 Å². The zero-order valence-corrected chi connectivity index (χ0v) is 16.7. The molecule has 1 N–H and O–H groups in total. The van der Waals surface area contributed by atoms with E-state index in [9.17, 15) is 4.79 Å². The summed E-state index contributed by atoms with van der Waals surface area (Å²) >= 11 is 1.40. The first-order chi connectivity index (χ1) is 13.6. The molecule has 4 rings (SSSR count). The maximum Gasteiger partial charge on any atom is 0.278 e. The number of carbonyl (C=O) groups excluding carboxylic acids is 1. The molecule has 1 amide bonds. The van der Waals surface area contributed by atoms with Crippen LogP contribution in [0.3, 0.4) is 0 Å². The van der Waals surface area contributed by atoms with Crippen molar-refractivity contribution in [3.63, 3.8) is 0 Å². The van der Waals surface area contributed by atoms with Gasteiger partial charge < -0.3 is 19.7 Å². The van der Waals surface area contributed by atoms with E-state index in [0.29, 0.717) is 22.3 Å². The molecule has 0 bridgehead atoms. The molecule has 1 aliphatic rings. The van der Waals surface area contributed by atoms with Crippen molar-refractivity contribution in [2.45, 2.75) is 19.4 Å². The van der Waals surface area contributed by atoms with Crippen molar-refractivity contribution < 1.29 is 14.3 Å². The summed E-state index contributed by atoms with van der Waals surface area (Å²) < 4.78 is 10.6. The van der Waals surface area contributed by atoms with E-state index in [2.05, 4.69) is 23.3 Å². The molecule has 0 aliphatic carbocycles. The van der Waals surface area contributed by atoms with E-state index < -0.39 is 0 Å². The Bertz CT molecular complexity index is 1020. The normalized spacial score (nSPS) is 15.2. The van der Waals surface area contributed by atoms with E-state index in [0.717, 1.165) is 17.8 Å². The number of hydrogen-bond acceptors (Lipinski definition) is 6. The number of methoxy groups -OCH3 is 2. The minimum absolute atomic E-state index is 0.0749. The molecule has 1 aliphatic heterocycles. The van der Waals surface area contributed by atoms with Gasteiger partial charge in [0.25, 0.3) is 5.91 Å². The Balaban J connectivity index is 1.54. The van der Waals surface area contributed by atoms with E-state index in [-0.39, 0.29) is 11.9 Å². The third-order valence-electron chi connectivity index (χ3n) is 4.78. The van der Waals surface area contributed by atoms with Crippen LogP contribution >= 0.6 is 11.3 Å². The van der Waals surface area contributed by atoms with Crippen LogP contribution in [0.15, 0.2) is 47.8 Å². The number of fused-ring (bicyclic) bond motifs is 1. The standard InChI is InChI=1S/C21H21N3O3S/c1-13-10-14-6-4-5-7-17(14)24(13)20(25)16-12-28-21(23-16)22-15-8-9-18(26-2)19(11-15)27-3/h4-9,11-13H,10H2,1-3H3,(H,22,23)/t13-/m1/s1. The summed E-state index contributed by atoms with van der Waals surface area (Å²) in [5.41, 5.74) is 3.42. The van der Waals surface area contributed by atoms with Crippen molar-refractivity contribution in [1.29, 1.82) is 0 Å². The minimum atomic E-state index is -0.0749. The Morgan fingerprint density at radius 1 is 1.18 bits per heavy atom. The first-order valence-electron chi connectivity index (χ1n) is 8.96. The van der Waals surface area contributed by atoms with Gasteiger partial charge in [-0.2, -0.15) is 0 Å². The number of nitrogens with zero attached hydrogens (tertiary/aromatic N) is 2. The smallest absolute Gasteiger partial charge is 0.278 e. The van der Waals surface area contributed by atoms with Crippen LogP contribution in [0, 0.1) is 0 Å². The summed E-state index contributed by atoms with van der Waals surface area (Å²) in [6.45, 7) is 2.06. The van der Waals surface area contributed by atoms with Crippen molar-refractivity contribution in [3.8, 4) is 11.5 Å². The van der Waals surface area contributed by atoms with E-state index in [1.54, 1.807) is 19.6 Å². The SMILES string of the molecule is COc1ccc(Nc2nc(C(=O)N3c4ccccc4C[C@H]3C)cs2)cc1OC. The predicted molar refractivity (Wildman–Crippen MR) is 111 cm³/mol. The lowest BCUT2D eigenvalue weighted by Crippen LogP contribution is -2.35. The average Bonchev–Trinajstić information content (AvgIpc) is 3.30. The molecular weight excluding hydrogens is 374 g/mol. The highest BCUT2D eigenvalue weighted by Crippen LogP contribution is 2.34. The van der Waals surface area contributed by atoms with Crippen molar-refractivity contribution in [3.05, 3.63) is 59.1 Å². The second kappa shape index (κ2) is 7.52. The topological polar surface area (TPSA) is 63.7 Å². The van der Waals surface area contributed by atoms with Gasteiger partial charge in [-0.25, -0.2) is 4.98 Å². The number of thiazole rings is 1. The van der Waals surface area contributed by atoms with Crippen LogP contribution in [0.5, 0.6) is 11.5 Å². The fourth-order valence-corrected chi connectivity index (χ4v) is 4.17. The molecule has 2 heterocycles. The molecule has 0 saturated heterocycles. The number of carbonyl (C=O) groups is 1. The van der Waals surface area contributed by atoms with Crippen LogP contribution in [-0.4, -0.2) is 31.2 Å². The average molecular weight is 395 g/mol. The highest BCUT2D eigenvalue weighted by Gasteiger charge is 2.32. The second-order valence-corrected chi connectivity index (χ2v) is 7.45. The zero-order chi connectivity index (χ0) is 19.7. The van der Waals surface area contributed by atoms with Gasteiger partial charge in [-0.15, -0.1) is 11.3 Å². The molecule has 144 valence electrons. The molecule has 7 heteroatoms. The van der Waals surface area contributed by atoms with Gasteiger partial charge in [0.05, 0.1) is 14.2 Å². The van der Waals surface area contributed by atoms with Crippen LogP contribution in [0.25, 0.3) is 0 Å². The number of hydrogen-bond donors (Lipinski definition) is 1. The number of nitrogens with one attached hydrogen (secondary N) is 1. The fourth-order valence-electron chi connectivity index (χ4n) is 3.47. The third kappa shape index (κ3) is 3.29. The fraction of sp³-hybridized carbons (Fsp3) is 0.238. The lowest BCUT2D eigenvalue weighted by molar-refractivity contribution is 0.0977. The molecule has 0 saturated carbocycles. The summed E-state index contributed by atoms with van der Waals surface area (Å²) in [6.07, 6.45) is 0.864. The van der Waals surface area contributed by atoms with Gasteiger partial charge >= 0.3 is 0 Å². The highest BCUT2D eigenvalue weighted by molar-refractivity contribution is 7.14. The molecule has 2 aromatic carbocycles. The molecule has 0 spiro atoms. The number of amides is 1. The zero-order valence-electron chi connectivity index (χ0n) is 15.9. The van der Waals surface area contributed by atoms with E-state index >= 15 is 0 Å². The van der Waals surface area contributed by atoms with Crippen LogP contribution in [0.4, 0.5) is 16.5 Å². The van der Waals surface area contributed by atoms with Crippen LogP contribution in [-0.2, 0) is 6.42 Å². The van der Waals surface area contributed by atoms with Crippen LogP contribution in [0.2, 0.25) is 0 Å². The summed E-state index contributed by atoms with van der Waals surface area (Å²) in [4.78, 5) is 19.4. The summed E-state index contributed by atoms with van der Waals surface area (Å²) in [5, 5.41) is 5.67. The largest absolute Gasteiger partial charge is 0.493 e. The number of aromatic nitrogens is 1. The number of anilines is 3. The van der Waals surface area contributed by atoms with Gasteiger partial charge in [-0.05, 0) is 37.1 Å². The van der Waals surface area contributed by atoms with Crippen LogP contribution in [0.1, 0.15) is 23.0 Å². The highest BCUT2D eigenvalue weighted by atomic mass is 32.1. The Kier molecular flexibility index (Phi) is 4.92. The van der Waals surface area contributed by atoms with E-state index in [4.69, 9.17) is 9.47 Å². The summed E-state index contributed by atoms with van der Waals surface area (Å²) in [6, 6.07) is 13.7. The van der Waals surface area contributed by atoms with Crippen molar-refractivity contribution in [2.75, 3.05) is 24.4 Å². The van der Waals surface area contributed by atoms with Gasteiger partial charge in [-0.1, -0.05) is 18.2 Å². The second-order valence-electron chi connectivity index (χ2n) is 6.59. The quantitative estimate of drug-likeness (QED) is 0.689. The number of rotatable bonds is 5. The molecule has 0 radical (unpaired) electrons. The monoisotopic (exact) mass is 395 g/mol. The van der Waals surface area contributed by atoms with Gasteiger partial charge in [0, 0.05) is 28.9 Å². The van der Waals surface area contributed by atoms with Crippen molar-refractivity contribution in [2.24, 2.45) is 0 Å². The molecule has 0 unspecified atom stereocenters. The Morgan fingerprint density at radius 3 is 2.75 bits per heavy atom. The first kappa shape index (κ1) is 18.3. The lowest BCUT2D eigenvalue weighted by atomic mass is 10.1. The molecule has 28 heavy (non-hydrogen) atoms. The maximum absolute atomic E-state index is 13.1. The number of benzene rings is 2. The molecule has 1 atom stereocenters. The van der Waals surface area contributed by atoms with E-state index in [1.807, 2.05) is 41.3 Å². The molecule has 1 aromatic heterocycles. The third-order valence-corrected chi connectivity index (χ3v) is 5.54. The number of para-hydroxylation sites is 1. The van der Waals surface area contributed by atoms with Crippen molar-refractivity contribution >= 4 is 33.8 Å². The van der Waals surface area contributed by atoms with Crippen molar-refractivity contribution in [1.82, 2.24) is 4.98 Å². The Hall–Kier alpha value is -3.06. The lowest BCUT2D eigenvalue weighted by Gasteiger charge is -2.21. The minimum Gasteiger partial charge on any atom is -0.493 e. The van der Waals surface area contributed by atoms with Gasteiger partial charge in [-0.3, -0.25) is 4.79 Å². The van der Waals surface area contributed by atoms with Crippen LogP contribution < -0.4 is 19.7 Å². The molecule has 6 nitrogen and oxygen atoms in total. The van der Waals surface area contributed by atoms with Gasteiger partial charge in [0.2, 0.25) is 0 Å². The number of ether oxygens (including phenoxy) is 2. The summed E-state index contributed by atoms with van der Waals surface area (Å²) in [5.74, 6) is 1.21. The predicted octanol–water partition coefficient (Wildman–Crippen LogP) is 4.50. The Morgan fingerprint density at radius 2 is 1.96 bits per heavy atom. The molecular formula is C21H21N3O3S. The molecule has 3 aromatic rings. The Labute approximate surface area is 167 Å². The first-order valence-corrected chi connectivity index (χ1v) is 9.84. The van der Waals surface area contributed by atoms with Gasteiger partial charge in [0.15, 0.2) is 16.6 Å². The van der Waals surface area contributed by atoms with Gasteiger partial charge in [0.1, 0.15) is 5.69 Å². The maximum atomic E-state index is 13.1. The summed E-state index contributed by atoms with van der Waals surface area (Å²) in [7, 11) is 3.19. The molecule has 0 fully saturated rings.